The molecular formula is C11H19BrN2O. The van der Waals surface area contributed by atoms with Crippen LogP contribution in [-0.4, -0.2) is 40.8 Å². The van der Waals surface area contributed by atoms with Crippen molar-refractivity contribution in [2.75, 3.05) is 13.1 Å². The standard InChI is InChI=1S/C11H19BrN2O/c1-8(12)11(15)13-9-4-6-14(7-5-9)10-2-3-10/h8-10H,2-7H2,1H3,(H,13,15). The van der Waals surface area contributed by atoms with Crippen LogP contribution < -0.4 is 5.32 Å². The summed E-state index contributed by atoms with van der Waals surface area (Å²) in [6, 6.07) is 1.27. The third-order valence-corrected chi connectivity index (χ3v) is 3.72. The number of nitrogens with zero attached hydrogens (tertiary/aromatic N) is 1. The van der Waals surface area contributed by atoms with Crippen LogP contribution in [0.4, 0.5) is 0 Å². The number of hydrogen-bond donors (Lipinski definition) is 1. The molecule has 1 saturated carbocycles. The van der Waals surface area contributed by atoms with Crippen molar-refractivity contribution >= 4 is 21.8 Å². The van der Waals surface area contributed by atoms with E-state index in [4.69, 9.17) is 0 Å². The van der Waals surface area contributed by atoms with E-state index in [0.29, 0.717) is 6.04 Å². The number of likely N-dealkylation sites (tertiary alicyclic amines) is 1. The van der Waals surface area contributed by atoms with Gasteiger partial charge in [-0.05, 0) is 32.6 Å². The maximum absolute atomic E-state index is 11.5. The molecule has 0 radical (unpaired) electrons. The highest BCUT2D eigenvalue weighted by atomic mass is 79.9. The van der Waals surface area contributed by atoms with Crippen LogP contribution in [0.25, 0.3) is 0 Å². The second-order valence-corrected chi connectivity index (χ2v) is 6.04. The van der Waals surface area contributed by atoms with Crippen molar-refractivity contribution in [3.63, 3.8) is 0 Å². The van der Waals surface area contributed by atoms with E-state index in [0.717, 1.165) is 32.0 Å². The van der Waals surface area contributed by atoms with Crippen LogP contribution in [0.3, 0.4) is 0 Å². The smallest absolute Gasteiger partial charge is 0.233 e. The summed E-state index contributed by atoms with van der Waals surface area (Å²) in [5, 5.41) is 3.09. The minimum Gasteiger partial charge on any atom is -0.352 e. The SMILES string of the molecule is CC(Br)C(=O)NC1CCN(C2CC2)CC1. The van der Waals surface area contributed by atoms with Gasteiger partial charge in [0.1, 0.15) is 0 Å². The first-order valence-electron chi connectivity index (χ1n) is 5.85. The first-order valence-corrected chi connectivity index (χ1v) is 6.77. The molecule has 3 nitrogen and oxygen atoms in total. The Kier molecular flexibility index (Phi) is 3.67. The molecule has 1 atom stereocenters. The molecular weight excluding hydrogens is 256 g/mol. The fraction of sp³-hybridized carbons (Fsp3) is 0.909. The molecule has 1 unspecified atom stereocenters. The van der Waals surface area contributed by atoms with Gasteiger partial charge in [-0.15, -0.1) is 0 Å². The summed E-state index contributed by atoms with van der Waals surface area (Å²) in [5.41, 5.74) is 0. The summed E-state index contributed by atoms with van der Waals surface area (Å²) in [6.07, 6.45) is 4.99. The van der Waals surface area contributed by atoms with Gasteiger partial charge in [-0.3, -0.25) is 4.79 Å². The Bertz CT molecular complexity index is 233. The van der Waals surface area contributed by atoms with Gasteiger partial charge in [-0.1, -0.05) is 15.9 Å². The summed E-state index contributed by atoms with van der Waals surface area (Å²) >= 11 is 3.29. The molecule has 2 aliphatic rings. The van der Waals surface area contributed by atoms with Gasteiger partial charge in [0.2, 0.25) is 5.91 Å². The number of halogens is 1. The normalized spacial score (nSPS) is 26.3. The maximum Gasteiger partial charge on any atom is 0.233 e. The number of amides is 1. The molecule has 0 aromatic heterocycles. The third-order valence-electron chi connectivity index (χ3n) is 3.30. The van der Waals surface area contributed by atoms with Crippen LogP contribution >= 0.6 is 15.9 Å². The quantitative estimate of drug-likeness (QED) is 0.792. The van der Waals surface area contributed by atoms with Crippen LogP contribution in [0.5, 0.6) is 0 Å². The Balaban J connectivity index is 1.70. The lowest BCUT2D eigenvalue weighted by Gasteiger charge is -2.32. The summed E-state index contributed by atoms with van der Waals surface area (Å²) in [4.78, 5) is 14.0. The number of hydrogen-bond acceptors (Lipinski definition) is 2. The first kappa shape index (κ1) is 11.4. The Morgan fingerprint density at radius 3 is 2.40 bits per heavy atom. The van der Waals surface area contributed by atoms with Crippen molar-refractivity contribution in [1.82, 2.24) is 10.2 Å². The van der Waals surface area contributed by atoms with E-state index >= 15 is 0 Å². The van der Waals surface area contributed by atoms with Gasteiger partial charge in [0.15, 0.2) is 0 Å². The van der Waals surface area contributed by atoms with E-state index in [1.165, 1.54) is 12.8 Å². The van der Waals surface area contributed by atoms with E-state index in [1.807, 2.05) is 6.92 Å². The lowest BCUT2D eigenvalue weighted by molar-refractivity contribution is -0.121. The van der Waals surface area contributed by atoms with Gasteiger partial charge in [-0.25, -0.2) is 0 Å². The highest BCUT2D eigenvalue weighted by molar-refractivity contribution is 9.10. The van der Waals surface area contributed by atoms with Gasteiger partial charge in [0.05, 0.1) is 4.83 Å². The predicted octanol–water partition coefficient (Wildman–Crippen LogP) is 1.51. The lowest BCUT2D eigenvalue weighted by atomic mass is 10.0. The third kappa shape index (κ3) is 3.18. The van der Waals surface area contributed by atoms with E-state index in [1.54, 1.807) is 0 Å². The number of carbonyl (C=O) groups is 1. The van der Waals surface area contributed by atoms with E-state index in [9.17, 15) is 4.79 Å². The van der Waals surface area contributed by atoms with Gasteiger partial charge in [-0.2, -0.15) is 0 Å². The van der Waals surface area contributed by atoms with Gasteiger partial charge >= 0.3 is 0 Å². The molecule has 86 valence electrons. The minimum absolute atomic E-state index is 0.0704. The molecule has 1 N–H and O–H groups in total. The number of rotatable bonds is 3. The Morgan fingerprint density at radius 2 is 1.93 bits per heavy atom. The number of alkyl halides is 1. The van der Waals surface area contributed by atoms with E-state index in [2.05, 4.69) is 26.1 Å². The van der Waals surface area contributed by atoms with Crippen LogP contribution in [0.1, 0.15) is 32.6 Å². The van der Waals surface area contributed by atoms with Gasteiger partial charge in [0, 0.05) is 25.2 Å². The monoisotopic (exact) mass is 274 g/mol. The average Bonchev–Trinajstić information content (AvgIpc) is 3.02. The predicted molar refractivity (Wildman–Crippen MR) is 64.1 cm³/mol. The summed E-state index contributed by atoms with van der Waals surface area (Å²) < 4.78 is 0. The van der Waals surface area contributed by atoms with Crippen LogP contribution in [0.15, 0.2) is 0 Å². The molecule has 1 aliphatic carbocycles. The fourth-order valence-electron chi connectivity index (χ4n) is 2.16. The zero-order valence-corrected chi connectivity index (χ0v) is 10.8. The van der Waals surface area contributed by atoms with E-state index in [-0.39, 0.29) is 10.7 Å². The molecule has 0 bridgehead atoms. The highest BCUT2D eigenvalue weighted by Gasteiger charge is 2.32. The molecule has 4 heteroatoms. The molecule has 0 aromatic carbocycles. The molecule has 2 rings (SSSR count). The second-order valence-electron chi connectivity index (χ2n) is 4.67. The largest absolute Gasteiger partial charge is 0.352 e. The zero-order valence-electron chi connectivity index (χ0n) is 9.21. The van der Waals surface area contributed by atoms with Gasteiger partial charge in [0.25, 0.3) is 0 Å². The van der Waals surface area contributed by atoms with Crippen molar-refractivity contribution in [2.24, 2.45) is 0 Å². The van der Waals surface area contributed by atoms with Crippen LogP contribution in [0, 0.1) is 0 Å². The summed E-state index contributed by atoms with van der Waals surface area (Å²) in [7, 11) is 0. The summed E-state index contributed by atoms with van der Waals surface area (Å²) in [6.45, 7) is 4.19. The van der Waals surface area contributed by atoms with Crippen molar-refractivity contribution in [1.29, 1.82) is 0 Å². The Morgan fingerprint density at radius 1 is 1.33 bits per heavy atom. The average molecular weight is 275 g/mol. The van der Waals surface area contributed by atoms with Gasteiger partial charge < -0.3 is 10.2 Å². The molecule has 0 aromatic rings. The number of nitrogens with one attached hydrogen (secondary N) is 1. The lowest BCUT2D eigenvalue weighted by Crippen LogP contribution is -2.46. The molecule has 1 heterocycles. The highest BCUT2D eigenvalue weighted by Crippen LogP contribution is 2.29. The minimum atomic E-state index is -0.0704. The summed E-state index contributed by atoms with van der Waals surface area (Å²) in [5.74, 6) is 0.125. The Labute approximate surface area is 99.7 Å². The zero-order chi connectivity index (χ0) is 10.8. The molecule has 2 fully saturated rings. The maximum atomic E-state index is 11.5. The second kappa shape index (κ2) is 4.83. The Hall–Kier alpha value is -0.0900. The van der Waals surface area contributed by atoms with Crippen molar-refractivity contribution in [2.45, 2.75) is 49.5 Å². The van der Waals surface area contributed by atoms with Crippen LogP contribution in [0.2, 0.25) is 0 Å². The van der Waals surface area contributed by atoms with Crippen molar-refractivity contribution < 1.29 is 4.79 Å². The number of carbonyl (C=O) groups excluding carboxylic acids is 1. The number of piperidine rings is 1. The first-order chi connectivity index (χ1) is 7.16. The topological polar surface area (TPSA) is 32.3 Å². The molecule has 1 saturated heterocycles. The molecule has 1 amide bonds. The van der Waals surface area contributed by atoms with Crippen molar-refractivity contribution in [3.8, 4) is 0 Å². The van der Waals surface area contributed by atoms with E-state index < -0.39 is 0 Å². The van der Waals surface area contributed by atoms with Crippen molar-refractivity contribution in [3.05, 3.63) is 0 Å². The van der Waals surface area contributed by atoms with Crippen LogP contribution in [-0.2, 0) is 4.79 Å². The fourth-order valence-corrected chi connectivity index (χ4v) is 2.30. The molecule has 0 spiro atoms. The molecule has 15 heavy (non-hydrogen) atoms. The molecule has 1 aliphatic heterocycles.